The van der Waals surface area contributed by atoms with Crippen molar-refractivity contribution in [1.29, 1.82) is 0 Å². The third kappa shape index (κ3) is 2.55. The molecule has 0 bridgehead atoms. The number of benzene rings is 1. The van der Waals surface area contributed by atoms with Crippen LogP contribution in [0.4, 0.5) is 4.39 Å². The minimum atomic E-state index is -0.281. The van der Waals surface area contributed by atoms with Crippen molar-refractivity contribution in [3.8, 4) is 22.4 Å². The summed E-state index contributed by atoms with van der Waals surface area (Å²) in [4.78, 5) is 4.03. The first-order valence-corrected chi connectivity index (χ1v) is 6.52. The van der Waals surface area contributed by atoms with E-state index in [4.69, 9.17) is 0 Å². The van der Waals surface area contributed by atoms with E-state index in [1.165, 1.54) is 12.1 Å². The molecule has 2 aromatic heterocycles. The number of aromatic nitrogens is 3. The number of aliphatic hydroxyl groups is 1. The molecular formula is C16H14FN3O. The van der Waals surface area contributed by atoms with E-state index >= 15 is 0 Å². The lowest BCUT2D eigenvalue weighted by Gasteiger charge is -2.07. The zero-order valence-corrected chi connectivity index (χ0v) is 11.5. The van der Waals surface area contributed by atoms with Gasteiger partial charge in [-0.25, -0.2) is 4.39 Å². The third-order valence-corrected chi connectivity index (χ3v) is 3.31. The highest BCUT2D eigenvalue weighted by Gasteiger charge is 2.14. The van der Waals surface area contributed by atoms with Crippen LogP contribution in [0.5, 0.6) is 0 Å². The van der Waals surface area contributed by atoms with Gasteiger partial charge >= 0.3 is 0 Å². The molecule has 0 unspecified atom stereocenters. The third-order valence-electron chi connectivity index (χ3n) is 3.31. The minimum absolute atomic E-state index is 0.0963. The molecule has 1 aromatic carbocycles. The summed E-state index contributed by atoms with van der Waals surface area (Å²) >= 11 is 0. The predicted molar refractivity (Wildman–Crippen MR) is 77.8 cm³/mol. The quantitative estimate of drug-likeness (QED) is 0.804. The Balaban J connectivity index is 2.18. The van der Waals surface area contributed by atoms with Gasteiger partial charge in [0.2, 0.25) is 0 Å². The van der Waals surface area contributed by atoms with Crippen LogP contribution in [0, 0.1) is 5.82 Å². The van der Waals surface area contributed by atoms with Gasteiger partial charge in [0.1, 0.15) is 11.5 Å². The molecule has 2 heterocycles. The zero-order chi connectivity index (χ0) is 14.8. The van der Waals surface area contributed by atoms with Crippen molar-refractivity contribution in [3.63, 3.8) is 0 Å². The fourth-order valence-corrected chi connectivity index (χ4v) is 2.32. The maximum Gasteiger partial charge on any atom is 0.123 e. The number of hydrogen-bond acceptors (Lipinski definition) is 3. The number of nitrogens with zero attached hydrogens (tertiary/aromatic N) is 3. The maximum atomic E-state index is 13.1. The minimum Gasteiger partial charge on any atom is -0.392 e. The fourth-order valence-electron chi connectivity index (χ4n) is 2.32. The first-order chi connectivity index (χ1) is 10.2. The van der Waals surface area contributed by atoms with E-state index < -0.39 is 0 Å². The number of aryl methyl sites for hydroxylation is 1. The highest BCUT2D eigenvalue weighted by Crippen LogP contribution is 2.32. The standard InChI is InChI=1S/C16H14FN3O/c1-20-9-15(14-6-7-18-8-12(14)10-21)16(19-20)11-2-4-13(17)5-3-11/h2-9,21H,10H2,1H3. The van der Waals surface area contributed by atoms with Crippen LogP contribution in [-0.2, 0) is 13.7 Å². The lowest BCUT2D eigenvalue weighted by atomic mass is 9.99. The van der Waals surface area contributed by atoms with Crippen LogP contribution in [0.15, 0.2) is 48.9 Å². The summed E-state index contributed by atoms with van der Waals surface area (Å²) in [6, 6.07) is 8.05. The number of aliphatic hydroxyl groups excluding tert-OH is 1. The van der Waals surface area contributed by atoms with E-state index in [0.717, 1.165) is 27.9 Å². The van der Waals surface area contributed by atoms with Crippen molar-refractivity contribution >= 4 is 0 Å². The Kier molecular flexibility index (Phi) is 3.50. The summed E-state index contributed by atoms with van der Waals surface area (Å²) in [5.41, 5.74) is 4.07. The molecule has 4 nitrogen and oxygen atoms in total. The molecule has 0 fully saturated rings. The van der Waals surface area contributed by atoms with Gasteiger partial charge in [-0.3, -0.25) is 9.67 Å². The topological polar surface area (TPSA) is 50.9 Å². The van der Waals surface area contributed by atoms with Gasteiger partial charge in [-0.2, -0.15) is 5.10 Å². The van der Waals surface area contributed by atoms with Gasteiger partial charge in [0.15, 0.2) is 0 Å². The Morgan fingerprint density at radius 1 is 1.14 bits per heavy atom. The van der Waals surface area contributed by atoms with Gasteiger partial charge in [-0.1, -0.05) is 0 Å². The summed E-state index contributed by atoms with van der Waals surface area (Å²) < 4.78 is 14.8. The molecule has 3 aromatic rings. The molecule has 0 saturated carbocycles. The van der Waals surface area contributed by atoms with E-state index in [-0.39, 0.29) is 12.4 Å². The zero-order valence-electron chi connectivity index (χ0n) is 11.5. The van der Waals surface area contributed by atoms with Crippen molar-refractivity contribution in [2.45, 2.75) is 6.61 Å². The van der Waals surface area contributed by atoms with E-state index in [1.807, 2.05) is 19.3 Å². The van der Waals surface area contributed by atoms with Crippen LogP contribution in [0.1, 0.15) is 5.56 Å². The first-order valence-electron chi connectivity index (χ1n) is 6.52. The molecule has 5 heteroatoms. The van der Waals surface area contributed by atoms with Gasteiger partial charge in [0, 0.05) is 42.3 Å². The monoisotopic (exact) mass is 283 g/mol. The Morgan fingerprint density at radius 2 is 1.90 bits per heavy atom. The Bertz CT molecular complexity index is 765. The second kappa shape index (κ2) is 5.46. The fraction of sp³-hybridized carbons (Fsp3) is 0.125. The molecule has 0 aliphatic heterocycles. The van der Waals surface area contributed by atoms with Crippen molar-refractivity contribution in [2.75, 3.05) is 0 Å². The Hall–Kier alpha value is -2.53. The second-order valence-electron chi connectivity index (χ2n) is 4.76. The number of rotatable bonds is 3. The van der Waals surface area contributed by atoms with E-state index in [2.05, 4.69) is 10.1 Å². The van der Waals surface area contributed by atoms with Crippen molar-refractivity contribution < 1.29 is 9.50 Å². The lowest BCUT2D eigenvalue weighted by molar-refractivity contribution is 0.282. The molecule has 0 aliphatic carbocycles. The summed E-state index contributed by atoms with van der Waals surface area (Å²) in [5, 5.41) is 13.9. The second-order valence-corrected chi connectivity index (χ2v) is 4.76. The Labute approximate surface area is 121 Å². The molecule has 106 valence electrons. The summed E-state index contributed by atoms with van der Waals surface area (Å²) in [5.74, 6) is -0.281. The number of pyridine rings is 1. The predicted octanol–water partition coefficient (Wildman–Crippen LogP) is 2.78. The van der Waals surface area contributed by atoms with E-state index in [0.29, 0.717) is 0 Å². The van der Waals surface area contributed by atoms with E-state index in [1.54, 1.807) is 29.2 Å². The average molecular weight is 283 g/mol. The van der Waals surface area contributed by atoms with Crippen LogP contribution in [-0.4, -0.2) is 19.9 Å². The van der Waals surface area contributed by atoms with Crippen LogP contribution >= 0.6 is 0 Å². The van der Waals surface area contributed by atoms with Gasteiger partial charge in [0.05, 0.1) is 6.61 Å². The molecule has 3 rings (SSSR count). The Morgan fingerprint density at radius 3 is 2.62 bits per heavy atom. The molecule has 0 amide bonds. The van der Waals surface area contributed by atoms with Crippen molar-refractivity contribution in [2.24, 2.45) is 7.05 Å². The average Bonchev–Trinajstić information content (AvgIpc) is 2.89. The number of hydrogen-bond donors (Lipinski definition) is 1. The van der Waals surface area contributed by atoms with Gasteiger partial charge in [-0.05, 0) is 35.9 Å². The molecule has 0 radical (unpaired) electrons. The summed E-state index contributed by atoms with van der Waals surface area (Å²) in [7, 11) is 1.83. The van der Waals surface area contributed by atoms with Crippen LogP contribution < -0.4 is 0 Å². The molecule has 0 atom stereocenters. The summed E-state index contributed by atoms with van der Waals surface area (Å²) in [6.07, 6.45) is 5.19. The van der Waals surface area contributed by atoms with E-state index in [9.17, 15) is 9.50 Å². The van der Waals surface area contributed by atoms with Gasteiger partial charge < -0.3 is 5.11 Å². The van der Waals surface area contributed by atoms with Gasteiger partial charge in [-0.15, -0.1) is 0 Å². The molecule has 0 saturated heterocycles. The molecule has 0 aliphatic rings. The van der Waals surface area contributed by atoms with Crippen LogP contribution in [0.25, 0.3) is 22.4 Å². The first kappa shape index (κ1) is 13.5. The van der Waals surface area contributed by atoms with Crippen molar-refractivity contribution in [3.05, 3.63) is 60.3 Å². The lowest BCUT2D eigenvalue weighted by Crippen LogP contribution is -1.91. The summed E-state index contributed by atoms with van der Waals surface area (Å²) in [6.45, 7) is -0.0963. The largest absolute Gasteiger partial charge is 0.392 e. The molecule has 21 heavy (non-hydrogen) atoms. The highest BCUT2D eigenvalue weighted by molar-refractivity contribution is 5.81. The maximum absolute atomic E-state index is 13.1. The molecule has 0 spiro atoms. The molecule has 1 N–H and O–H groups in total. The van der Waals surface area contributed by atoms with Crippen LogP contribution in [0.2, 0.25) is 0 Å². The molecular weight excluding hydrogens is 269 g/mol. The van der Waals surface area contributed by atoms with Crippen molar-refractivity contribution in [1.82, 2.24) is 14.8 Å². The normalized spacial score (nSPS) is 10.8. The number of halogens is 1. The smallest absolute Gasteiger partial charge is 0.123 e. The van der Waals surface area contributed by atoms with Gasteiger partial charge in [0.25, 0.3) is 0 Å². The highest BCUT2D eigenvalue weighted by atomic mass is 19.1. The van der Waals surface area contributed by atoms with Crippen LogP contribution in [0.3, 0.4) is 0 Å². The SMILES string of the molecule is Cn1cc(-c2ccncc2CO)c(-c2ccc(F)cc2)n1.